The third kappa shape index (κ3) is 20.1. The summed E-state index contributed by atoms with van der Waals surface area (Å²) >= 11 is 0. The second kappa shape index (κ2) is 22.6. The van der Waals surface area contributed by atoms with Crippen LogP contribution >= 0.6 is 0 Å². The molecule has 0 aliphatic rings. The number of esters is 2. The molecule has 250 valence electrons. The third-order valence-corrected chi connectivity index (χ3v) is 6.17. The van der Waals surface area contributed by atoms with Gasteiger partial charge in [-0.15, -0.1) is 0 Å². The van der Waals surface area contributed by atoms with Crippen LogP contribution in [0.25, 0.3) is 0 Å². The lowest BCUT2D eigenvalue weighted by molar-refractivity contribution is -0.148. The van der Waals surface area contributed by atoms with Crippen LogP contribution in [0.1, 0.15) is 66.2 Å². The van der Waals surface area contributed by atoms with E-state index in [9.17, 15) is 38.4 Å². The number of nitrogens with zero attached hydrogens (tertiary/aromatic N) is 2. The van der Waals surface area contributed by atoms with Crippen LogP contribution in [0.5, 0.6) is 0 Å². The molecule has 0 aliphatic heterocycles. The standard InChI is InChI=1S/C29H49N5O10/c1-20(2)9-11-24(37)32-15-27(40)34(19-29(42)44-6)17-25(38)30-13-7-8-23(36)16-33(18-28(41)43-5)26(39)12-10-22(35)14-31-21(3)4/h20-21,31H,7-19H2,1-6H3,(H,30,38)(H,32,37). The first-order valence-corrected chi connectivity index (χ1v) is 14.7. The zero-order chi connectivity index (χ0) is 33.7. The lowest BCUT2D eigenvalue weighted by Gasteiger charge is -2.21. The van der Waals surface area contributed by atoms with Gasteiger partial charge >= 0.3 is 11.9 Å². The smallest absolute Gasteiger partial charge is 0.325 e. The molecule has 0 aromatic rings. The van der Waals surface area contributed by atoms with E-state index in [1.807, 2.05) is 27.7 Å². The van der Waals surface area contributed by atoms with Crippen molar-refractivity contribution < 1.29 is 47.8 Å². The summed E-state index contributed by atoms with van der Waals surface area (Å²) in [6, 6.07) is 0.104. The van der Waals surface area contributed by atoms with Gasteiger partial charge in [0.2, 0.25) is 23.6 Å². The van der Waals surface area contributed by atoms with Gasteiger partial charge in [0.15, 0.2) is 5.78 Å². The van der Waals surface area contributed by atoms with Crippen molar-refractivity contribution in [1.29, 1.82) is 0 Å². The maximum Gasteiger partial charge on any atom is 0.325 e. The van der Waals surface area contributed by atoms with Crippen molar-refractivity contribution in [2.75, 3.05) is 60.0 Å². The Hall–Kier alpha value is -3.88. The van der Waals surface area contributed by atoms with Crippen molar-refractivity contribution in [1.82, 2.24) is 25.8 Å². The zero-order valence-electron chi connectivity index (χ0n) is 26.8. The summed E-state index contributed by atoms with van der Waals surface area (Å²) in [7, 11) is 2.29. The fourth-order valence-electron chi connectivity index (χ4n) is 3.54. The molecule has 15 heteroatoms. The molecule has 0 aromatic heterocycles. The van der Waals surface area contributed by atoms with Gasteiger partial charge in [0, 0.05) is 38.3 Å². The highest BCUT2D eigenvalue weighted by Gasteiger charge is 2.23. The minimum Gasteiger partial charge on any atom is -0.468 e. The normalized spacial score (nSPS) is 10.6. The molecule has 44 heavy (non-hydrogen) atoms. The average molecular weight is 628 g/mol. The Morgan fingerprint density at radius 3 is 1.75 bits per heavy atom. The Kier molecular flexibility index (Phi) is 20.6. The zero-order valence-corrected chi connectivity index (χ0v) is 26.8. The first-order valence-electron chi connectivity index (χ1n) is 14.7. The van der Waals surface area contributed by atoms with Crippen molar-refractivity contribution in [2.45, 2.75) is 72.3 Å². The van der Waals surface area contributed by atoms with Gasteiger partial charge in [0.1, 0.15) is 25.4 Å². The number of methoxy groups -OCH3 is 2. The van der Waals surface area contributed by atoms with E-state index in [0.717, 1.165) is 24.0 Å². The van der Waals surface area contributed by atoms with Gasteiger partial charge in [0.05, 0.1) is 33.9 Å². The van der Waals surface area contributed by atoms with E-state index in [-0.39, 0.29) is 81.8 Å². The summed E-state index contributed by atoms with van der Waals surface area (Å²) in [5.41, 5.74) is 0. The fourth-order valence-corrected chi connectivity index (χ4v) is 3.54. The second-order valence-corrected chi connectivity index (χ2v) is 10.9. The molecule has 4 amide bonds. The Labute approximate surface area is 259 Å². The molecule has 0 spiro atoms. The van der Waals surface area contributed by atoms with E-state index in [4.69, 9.17) is 0 Å². The minimum atomic E-state index is -0.745. The largest absolute Gasteiger partial charge is 0.468 e. The molecule has 0 bridgehead atoms. The molecule has 0 radical (unpaired) electrons. The summed E-state index contributed by atoms with van der Waals surface area (Å²) in [5.74, 6) is -3.80. The Morgan fingerprint density at radius 1 is 0.614 bits per heavy atom. The molecule has 3 N–H and O–H groups in total. The molecule has 0 saturated heterocycles. The Morgan fingerprint density at radius 2 is 1.20 bits per heavy atom. The number of carbonyl (C=O) groups is 8. The van der Waals surface area contributed by atoms with Gasteiger partial charge < -0.3 is 35.2 Å². The summed E-state index contributed by atoms with van der Waals surface area (Å²) in [4.78, 5) is 99.7. The number of ketones is 2. The summed E-state index contributed by atoms with van der Waals surface area (Å²) < 4.78 is 9.20. The van der Waals surface area contributed by atoms with Gasteiger partial charge in [-0.1, -0.05) is 27.7 Å². The van der Waals surface area contributed by atoms with E-state index in [1.165, 1.54) is 0 Å². The highest BCUT2D eigenvalue weighted by molar-refractivity contribution is 5.92. The van der Waals surface area contributed by atoms with Crippen molar-refractivity contribution >= 4 is 47.1 Å². The van der Waals surface area contributed by atoms with Gasteiger partial charge in [-0.05, 0) is 18.8 Å². The van der Waals surface area contributed by atoms with Crippen molar-refractivity contribution in [3.8, 4) is 0 Å². The van der Waals surface area contributed by atoms with Gasteiger partial charge in [-0.25, -0.2) is 0 Å². The highest BCUT2D eigenvalue weighted by atomic mass is 16.5. The van der Waals surface area contributed by atoms with E-state index in [1.54, 1.807) is 0 Å². The van der Waals surface area contributed by atoms with E-state index >= 15 is 0 Å². The van der Waals surface area contributed by atoms with Crippen LogP contribution in [0.2, 0.25) is 0 Å². The summed E-state index contributed by atoms with van der Waals surface area (Å²) in [5, 5.41) is 8.01. The van der Waals surface area contributed by atoms with Crippen LogP contribution in [0.15, 0.2) is 0 Å². The number of nitrogens with one attached hydrogen (secondary N) is 3. The Bertz CT molecular complexity index is 921. The van der Waals surface area contributed by atoms with Gasteiger partial charge in [-0.2, -0.15) is 0 Å². The fraction of sp³-hybridized carbons (Fsp3) is 0.724. The highest BCUT2D eigenvalue weighted by Crippen LogP contribution is 2.04. The first-order chi connectivity index (χ1) is 20.7. The van der Waals surface area contributed by atoms with Crippen LogP contribution in [0.3, 0.4) is 0 Å². The van der Waals surface area contributed by atoms with E-state index < -0.39 is 49.3 Å². The number of ether oxygens (including phenoxy) is 2. The SMILES string of the molecule is COC(=O)CN(CC(=O)CCCNC(=O)CN(CC(=O)OC)C(=O)CNC(=O)CCC(C)C)C(=O)CCC(=O)CNC(C)C. The molecule has 15 nitrogen and oxygen atoms in total. The molecular weight excluding hydrogens is 578 g/mol. The summed E-state index contributed by atoms with van der Waals surface area (Å²) in [6.45, 7) is 5.68. The van der Waals surface area contributed by atoms with Gasteiger partial charge in [0.25, 0.3) is 0 Å². The number of hydrogen-bond acceptors (Lipinski definition) is 11. The number of carbonyl (C=O) groups excluding carboxylic acids is 8. The molecule has 0 rings (SSSR count). The monoisotopic (exact) mass is 627 g/mol. The predicted molar refractivity (Wildman–Crippen MR) is 159 cm³/mol. The molecule has 0 heterocycles. The van der Waals surface area contributed by atoms with Crippen LogP contribution in [-0.4, -0.2) is 123 Å². The molecular formula is C29H49N5O10. The van der Waals surface area contributed by atoms with Crippen LogP contribution < -0.4 is 16.0 Å². The minimum absolute atomic E-state index is 0.0321. The van der Waals surface area contributed by atoms with Crippen molar-refractivity contribution in [3.63, 3.8) is 0 Å². The predicted octanol–water partition coefficient (Wildman–Crippen LogP) is -0.645. The average Bonchev–Trinajstić information content (AvgIpc) is 2.97. The second-order valence-electron chi connectivity index (χ2n) is 10.9. The maximum atomic E-state index is 12.6. The van der Waals surface area contributed by atoms with Crippen molar-refractivity contribution in [3.05, 3.63) is 0 Å². The topological polar surface area (TPSA) is 198 Å². The lowest BCUT2D eigenvalue weighted by Crippen LogP contribution is -2.47. The van der Waals surface area contributed by atoms with E-state index in [0.29, 0.717) is 12.3 Å². The van der Waals surface area contributed by atoms with Crippen molar-refractivity contribution in [2.24, 2.45) is 5.92 Å². The molecule has 0 aliphatic carbocycles. The van der Waals surface area contributed by atoms with Gasteiger partial charge in [-0.3, -0.25) is 38.4 Å². The number of hydrogen-bond donors (Lipinski definition) is 3. The molecule has 0 saturated carbocycles. The van der Waals surface area contributed by atoms with Crippen LogP contribution in [0.4, 0.5) is 0 Å². The number of rotatable bonds is 23. The van der Waals surface area contributed by atoms with Crippen LogP contribution in [0, 0.1) is 5.92 Å². The number of Topliss-reactive ketones (excluding diaryl/α,β-unsaturated/α-hetero) is 2. The van der Waals surface area contributed by atoms with Crippen LogP contribution in [-0.2, 0) is 47.8 Å². The molecule has 0 unspecified atom stereocenters. The third-order valence-electron chi connectivity index (χ3n) is 6.17. The number of amides is 4. The Balaban J connectivity index is 4.83. The quantitative estimate of drug-likeness (QED) is 0.0962. The molecule has 0 fully saturated rings. The maximum absolute atomic E-state index is 12.6. The molecule has 0 aromatic carbocycles. The molecule has 0 atom stereocenters. The van der Waals surface area contributed by atoms with E-state index in [2.05, 4.69) is 25.4 Å². The summed E-state index contributed by atoms with van der Waals surface area (Å²) in [6.07, 6.45) is 0.841. The lowest BCUT2D eigenvalue weighted by atomic mass is 10.1. The first kappa shape index (κ1) is 40.1.